The number of benzene rings is 1. The highest BCUT2D eigenvalue weighted by atomic mass is 16.2. The molecule has 0 aliphatic heterocycles. The van der Waals surface area contributed by atoms with Gasteiger partial charge >= 0.3 is 0 Å². The average Bonchev–Trinajstić information content (AvgIpc) is 2.49. The Hall–Kier alpha value is -1.88. The highest BCUT2D eigenvalue weighted by Crippen LogP contribution is 2.04. The van der Waals surface area contributed by atoms with Gasteiger partial charge in [-0.05, 0) is 18.0 Å². The van der Waals surface area contributed by atoms with E-state index in [9.17, 15) is 9.59 Å². The third kappa shape index (κ3) is 6.33. The first-order valence-corrected chi connectivity index (χ1v) is 6.93. The molecule has 1 rings (SSSR count). The maximum Gasteiger partial charge on any atom is 0.239 e. The summed E-state index contributed by atoms with van der Waals surface area (Å²) in [5.41, 5.74) is 6.57. The molecule has 0 radical (unpaired) electrons. The van der Waals surface area contributed by atoms with Crippen LogP contribution >= 0.6 is 0 Å². The zero-order chi connectivity index (χ0) is 14.8. The quantitative estimate of drug-likeness (QED) is 0.657. The molecule has 0 fully saturated rings. The lowest BCUT2D eigenvalue weighted by Gasteiger charge is -2.12. The molecule has 0 aliphatic carbocycles. The SMILES string of the molecule is CCC(CN)CC(=O)NCC(=O)NCc1ccccc1. The number of rotatable bonds is 8. The van der Waals surface area contributed by atoms with E-state index < -0.39 is 0 Å². The van der Waals surface area contributed by atoms with Crippen molar-refractivity contribution in [2.45, 2.75) is 26.3 Å². The first-order chi connectivity index (χ1) is 9.65. The lowest BCUT2D eigenvalue weighted by molar-refractivity contribution is -0.126. The fraction of sp³-hybridized carbons (Fsp3) is 0.467. The monoisotopic (exact) mass is 277 g/mol. The highest BCUT2D eigenvalue weighted by molar-refractivity contribution is 5.84. The zero-order valence-electron chi connectivity index (χ0n) is 11.9. The van der Waals surface area contributed by atoms with E-state index in [1.165, 1.54) is 0 Å². The van der Waals surface area contributed by atoms with Gasteiger partial charge in [0, 0.05) is 13.0 Å². The minimum Gasteiger partial charge on any atom is -0.350 e. The van der Waals surface area contributed by atoms with Gasteiger partial charge < -0.3 is 16.4 Å². The van der Waals surface area contributed by atoms with Crippen molar-refractivity contribution >= 4 is 11.8 Å². The van der Waals surface area contributed by atoms with Gasteiger partial charge in [-0.3, -0.25) is 9.59 Å². The van der Waals surface area contributed by atoms with Crippen molar-refractivity contribution in [3.63, 3.8) is 0 Å². The summed E-state index contributed by atoms with van der Waals surface area (Å²) in [5.74, 6) is -0.137. The minimum absolute atomic E-state index is 0.00662. The van der Waals surface area contributed by atoms with E-state index in [1.54, 1.807) is 0 Å². The summed E-state index contributed by atoms with van der Waals surface area (Å²) in [6, 6.07) is 9.63. The van der Waals surface area contributed by atoms with E-state index in [-0.39, 0.29) is 24.3 Å². The lowest BCUT2D eigenvalue weighted by atomic mass is 10.0. The molecule has 4 N–H and O–H groups in total. The molecule has 0 aliphatic rings. The molecular formula is C15H23N3O2. The van der Waals surface area contributed by atoms with Crippen molar-refractivity contribution in [3.8, 4) is 0 Å². The second-order valence-electron chi connectivity index (χ2n) is 4.75. The molecule has 1 atom stereocenters. The molecule has 0 heterocycles. The van der Waals surface area contributed by atoms with E-state index in [0.29, 0.717) is 19.5 Å². The predicted octanol–water partition coefficient (Wildman–Crippen LogP) is 0.794. The Balaban J connectivity index is 2.21. The molecule has 0 spiro atoms. The molecule has 2 amide bonds. The molecular weight excluding hydrogens is 254 g/mol. The second kappa shape index (κ2) is 9.09. The third-order valence-corrected chi connectivity index (χ3v) is 3.16. The summed E-state index contributed by atoms with van der Waals surface area (Å²) in [6.45, 7) is 2.96. The molecule has 5 nitrogen and oxygen atoms in total. The number of nitrogens with one attached hydrogen (secondary N) is 2. The zero-order valence-corrected chi connectivity index (χ0v) is 11.9. The summed E-state index contributed by atoms with van der Waals surface area (Å²) in [5, 5.41) is 5.37. The number of carbonyl (C=O) groups is 2. The van der Waals surface area contributed by atoms with Gasteiger partial charge in [-0.15, -0.1) is 0 Å². The maximum absolute atomic E-state index is 11.6. The van der Waals surface area contributed by atoms with E-state index in [1.807, 2.05) is 37.3 Å². The van der Waals surface area contributed by atoms with Crippen molar-refractivity contribution in [2.75, 3.05) is 13.1 Å². The van der Waals surface area contributed by atoms with Crippen LogP contribution in [0.25, 0.3) is 0 Å². The molecule has 0 saturated carbocycles. The topological polar surface area (TPSA) is 84.2 Å². The number of hydrogen-bond donors (Lipinski definition) is 3. The van der Waals surface area contributed by atoms with Crippen LogP contribution in [0.3, 0.4) is 0 Å². The van der Waals surface area contributed by atoms with Crippen LogP contribution in [0.5, 0.6) is 0 Å². The van der Waals surface area contributed by atoms with Crippen molar-refractivity contribution in [2.24, 2.45) is 11.7 Å². The second-order valence-corrected chi connectivity index (χ2v) is 4.75. The van der Waals surface area contributed by atoms with Crippen LogP contribution in [-0.4, -0.2) is 24.9 Å². The van der Waals surface area contributed by atoms with Crippen molar-refractivity contribution < 1.29 is 9.59 Å². The van der Waals surface area contributed by atoms with E-state index in [0.717, 1.165) is 12.0 Å². The number of hydrogen-bond acceptors (Lipinski definition) is 3. The molecule has 0 aromatic heterocycles. The Kier molecular flexibility index (Phi) is 7.35. The molecule has 1 unspecified atom stereocenters. The van der Waals surface area contributed by atoms with Gasteiger partial charge in [0.1, 0.15) is 0 Å². The summed E-state index contributed by atoms with van der Waals surface area (Å²) in [4.78, 5) is 23.2. The van der Waals surface area contributed by atoms with Gasteiger partial charge in [-0.1, -0.05) is 43.7 Å². The van der Waals surface area contributed by atoms with Crippen molar-refractivity contribution in [1.82, 2.24) is 10.6 Å². The van der Waals surface area contributed by atoms with Crippen LogP contribution < -0.4 is 16.4 Å². The molecule has 110 valence electrons. The smallest absolute Gasteiger partial charge is 0.239 e. The van der Waals surface area contributed by atoms with Crippen LogP contribution in [0.2, 0.25) is 0 Å². The summed E-state index contributed by atoms with van der Waals surface area (Å²) < 4.78 is 0. The van der Waals surface area contributed by atoms with E-state index in [2.05, 4.69) is 10.6 Å². The lowest BCUT2D eigenvalue weighted by Crippen LogP contribution is -2.37. The van der Waals surface area contributed by atoms with Gasteiger partial charge in [0.25, 0.3) is 0 Å². The van der Waals surface area contributed by atoms with Crippen molar-refractivity contribution in [3.05, 3.63) is 35.9 Å². The number of carbonyl (C=O) groups excluding carboxylic acids is 2. The van der Waals surface area contributed by atoms with Gasteiger partial charge in [0.15, 0.2) is 0 Å². The minimum atomic E-state index is -0.192. The third-order valence-electron chi connectivity index (χ3n) is 3.16. The van der Waals surface area contributed by atoms with E-state index in [4.69, 9.17) is 5.73 Å². The highest BCUT2D eigenvalue weighted by Gasteiger charge is 2.11. The Morgan fingerprint density at radius 1 is 1.15 bits per heavy atom. The standard InChI is InChI=1S/C15H23N3O2/c1-2-12(9-16)8-14(19)18-11-15(20)17-10-13-6-4-3-5-7-13/h3-7,12H,2,8-11,16H2,1H3,(H,17,20)(H,18,19). The average molecular weight is 277 g/mol. The Bertz CT molecular complexity index is 416. The molecule has 20 heavy (non-hydrogen) atoms. The van der Waals surface area contributed by atoms with Crippen LogP contribution in [-0.2, 0) is 16.1 Å². The number of amides is 2. The summed E-state index contributed by atoms with van der Waals surface area (Å²) in [7, 11) is 0. The molecule has 5 heteroatoms. The van der Waals surface area contributed by atoms with E-state index >= 15 is 0 Å². The molecule has 0 bridgehead atoms. The first-order valence-electron chi connectivity index (χ1n) is 6.93. The number of nitrogens with two attached hydrogens (primary N) is 1. The normalized spacial score (nSPS) is 11.7. The molecule has 1 aromatic carbocycles. The Morgan fingerprint density at radius 3 is 2.45 bits per heavy atom. The van der Waals surface area contributed by atoms with Crippen molar-refractivity contribution in [1.29, 1.82) is 0 Å². The largest absolute Gasteiger partial charge is 0.350 e. The van der Waals surface area contributed by atoms with Gasteiger partial charge in [-0.2, -0.15) is 0 Å². The first kappa shape index (κ1) is 16.2. The Morgan fingerprint density at radius 2 is 1.85 bits per heavy atom. The van der Waals surface area contributed by atoms with Crippen LogP contribution in [0, 0.1) is 5.92 Å². The summed E-state index contributed by atoms with van der Waals surface area (Å²) >= 11 is 0. The summed E-state index contributed by atoms with van der Waals surface area (Å²) in [6.07, 6.45) is 1.24. The molecule has 0 saturated heterocycles. The van der Waals surface area contributed by atoms with Gasteiger partial charge in [-0.25, -0.2) is 0 Å². The Labute approximate surface area is 119 Å². The van der Waals surface area contributed by atoms with Gasteiger partial charge in [0.2, 0.25) is 11.8 Å². The maximum atomic E-state index is 11.6. The van der Waals surface area contributed by atoms with Crippen LogP contribution in [0.4, 0.5) is 0 Å². The van der Waals surface area contributed by atoms with Crippen LogP contribution in [0.15, 0.2) is 30.3 Å². The van der Waals surface area contributed by atoms with Crippen LogP contribution in [0.1, 0.15) is 25.3 Å². The fourth-order valence-corrected chi connectivity index (χ4v) is 1.77. The predicted molar refractivity (Wildman–Crippen MR) is 78.8 cm³/mol. The van der Waals surface area contributed by atoms with Gasteiger partial charge in [0.05, 0.1) is 6.54 Å². The molecule has 1 aromatic rings. The fourth-order valence-electron chi connectivity index (χ4n) is 1.77.